The van der Waals surface area contributed by atoms with Gasteiger partial charge < -0.3 is 20.2 Å². The number of hydrogen-bond acceptors (Lipinski definition) is 5. The van der Waals surface area contributed by atoms with Crippen LogP contribution in [0.5, 0.6) is 0 Å². The molecule has 0 saturated carbocycles. The number of aromatic carboxylic acids is 1. The Morgan fingerprint density at radius 1 is 0.617 bits per heavy atom. The van der Waals surface area contributed by atoms with Crippen LogP contribution >= 0.6 is 0 Å². The maximum atomic E-state index is 13.2. The Morgan fingerprint density at radius 3 is 1.42 bits per heavy atom. The van der Waals surface area contributed by atoms with Gasteiger partial charge in [0.2, 0.25) is 0 Å². The standard InChI is InChI=1S/C28H30F3N3O2.C20H23NO3/c1-17(2)16-34(5)27(36)24-13-22(20-8-6-18(3)7-9-20)12-23(14-24)26(35)33-19(4)21-10-11-25(32-15-21)28(29,30)31;1-13(2)12-21(4)19(22)17-9-16(10-18(11-17)20(23)24)15-7-5-14(3)6-8-15/h6-15,17,19H,16H2,1-5H3,(H,33,35);5-11,13H,12H2,1-4H3,(H,23,24)/t19-;/m1./s1. The second-order valence-corrected chi connectivity index (χ2v) is 16.0. The zero-order valence-electron chi connectivity index (χ0n) is 35.5. The number of aryl methyl sites for hydroxylation is 2. The highest BCUT2D eigenvalue weighted by Crippen LogP contribution is 2.29. The Morgan fingerprint density at radius 2 is 1.03 bits per heavy atom. The number of nitrogens with one attached hydrogen (secondary N) is 1. The first-order valence-electron chi connectivity index (χ1n) is 19.6. The second kappa shape index (κ2) is 20.1. The van der Waals surface area contributed by atoms with Crippen LogP contribution in [-0.2, 0) is 6.18 Å². The van der Waals surface area contributed by atoms with E-state index in [0.29, 0.717) is 41.3 Å². The summed E-state index contributed by atoms with van der Waals surface area (Å²) in [5.74, 6) is -1.23. The average molecular weight is 823 g/mol. The van der Waals surface area contributed by atoms with Gasteiger partial charge in [0.15, 0.2) is 0 Å². The number of halogens is 3. The lowest BCUT2D eigenvalue weighted by atomic mass is 9.97. The van der Waals surface area contributed by atoms with Crippen LogP contribution in [0.3, 0.4) is 0 Å². The molecule has 60 heavy (non-hydrogen) atoms. The van der Waals surface area contributed by atoms with Gasteiger partial charge in [0.25, 0.3) is 17.7 Å². The Hall–Kier alpha value is -6.30. The summed E-state index contributed by atoms with van der Waals surface area (Å²) in [6, 6.07) is 27.0. The van der Waals surface area contributed by atoms with E-state index in [0.717, 1.165) is 40.1 Å². The van der Waals surface area contributed by atoms with Crippen LogP contribution in [-0.4, -0.2) is 70.8 Å². The van der Waals surface area contributed by atoms with Crippen molar-refractivity contribution in [3.8, 4) is 22.3 Å². The molecule has 9 nitrogen and oxygen atoms in total. The Labute approximate surface area is 350 Å². The van der Waals surface area contributed by atoms with E-state index in [-0.39, 0.29) is 28.9 Å². The van der Waals surface area contributed by atoms with E-state index < -0.39 is 29.8 Å². The summed E-state index contributed by atoms with van der Waals surface area (Å²) in [5, 5.41) is 12.2. The summed E-state index contributed by atoms with van der Waals surface area (Å²) in [6.07, 6.45) is -3.43. The van der Waals surface area contributed by atoms with Crippen molar-refractivity contribution in [1.82, 2.24) is 20.1 Å². The predicted octanol–water partition coefficient (Wildman–Crippen LogP) is 10.4. The number of alkyl halides is 3. The summed E-state index contributed by atoms with van der Waals surface area (Å²) in [6.45, 7) is 14.9. The molecule has 0 aliphatic rings. The molecule has 0 saturated heterocycles. The first kappa shape index (κ1) is 46.4. The number of rotatable bonds is 12. The number of carboxylic acids is 1. The summed E-state index contributed by atoms with van der Waals surface area (Å²) in [5.41, 5.74) is 6.02. The molecule has 12 heteroatoms. The molecular weight excluding hydrogens is 770 g/mol. The minimum atomic E-state index is -4.53. The van der Waals surface area contributed by atoms with Crippen LogP contribution in [0.2, 0.25) is 0 Å². The normalized spacial score (nSPS) is 11.7. The second-order valence-electron chi connectivity index (χ2n) is 16.0. The highest BCUT2D eigenvalue weighted by atomic mass is 19.4. The van der Waals surface area contributed by atoms with Gasteiger partial charge in [0.1, 0.15) is 5.69 Å². The quantitative estimate of drug-likeness (QED) is 0.129. The van der Waals surface area contributed by atoms with E-state index >= 15 is 0 Å². The van der Waals surface area contributed by atoms with Crippen molar-refractivity contribution in [2.45, 2.75) is 60.7 Å². The van der Waals surface area contributed by atoms with Crippen LogP contribution in [0.25, 0.3) is 22.3 Å². The van der Waals surface area contributed by atoms with Gasteiger partial charge in [-0.25, -0.2) is 4.79 Å². The zero-order valence-corrected chi connectivity index (χ0v) is 35.5. The number of aromatic nitrogens is 1. The van der Waals surface area contributed by atoms with E-state index in [4.69, 9.17) is 0 Å². The van der Waals surface area contributed by atoms with Crippen molar-refractivity contribution in [3.63, 3.8) is 0 Å². The molecule has 1 atom stereocenters. The molecule has 2 N–H and O–H groups in total. The molecule has 0 aliphatic carbocycles. The van der Waals surface area contributed by atoms with Gasteiger partial charge in [-0.1, -0.05) is 93.4 Å². The lowest BCUT2D eigenvalue weighted by Crippen LogP contribution is -2.31. The van der Waals surface area contributed by atoms with E-state index in [1.807, 2.05) is 90.1 Å². The summed E-state index contributed by atoms with van der Waals surface area (Å²) < 4.78 is 38.5. The maximum absolute atomic E-state index is 13.2. The molecule has 0 unspecified atom stereocenters. The van der Waals surface area contributed by atoms with Gasteiger partial charge in [0, 0.05) is 50.1 Å². The smallest absolute Gasteiger partial charge is 0.433 e. The molecule has 0 radical (unpaired) electrons. The fourth-order valence-electron chi connectivity index (χ4n) is 6.48. The van der Waals surface area contributed by atoms with Gasteiger partial charge >= 0.3 is 12.1 Å². The number of amides is 3. The van der Waals surface area contributed by atoms with E-state index in [9.17, 15) is 37.5 Å². The van der Waals surface area contributed by atoms with Gasteiger partial charge in [-0.15, -0.1) is 0 Å². The van der Waals surface area contributed by atoms with Gasteiger partial charge in [-0.2, -0.15) is 13.2 Å². The Kier molecular flexibility index (Phi) is 15.5. The molecule has 5 rings (SSSR count). The summed E-state index contributed by atoms with van der Waals surface area (Å²) >= 11 is 0. The summed E-state index contributed by atoms with van der Waals surface area (Å²) in [4.78, 5) is 57.1. The number of hydrogen-bond donors (Lipinski definition) is 2. The fraction of sp³-hybridized carbons (Fsp3) is 0.312. The van der Waals surface area contributed by atoms with Crippen LogP contribution in [0.4, 0.5) is 13.2 Å². The van der Waals surface area contributed by atoms with Crippen LogP contribution < -0.4 is 5.32 Å². The highest BCUT2D eigenvalue weighted by molar-refractivity contribution is 6.02. The maximum Gasteiger partial charge on any atom is 0.433 e. The molecule has 0 bridgehead atoms. The SMILES string of the molecule is Cc1ccc(-c2cc(C(=O)N[C@H](C)c3ccc(C(F)(F)F)nc3)cc(C(=O)N(C)CC(C)C)c2)cc1.Cc1ccc(-c2cc(C(=O)O)cc(C(=O)N(C)CC(C)C)c2)cc1. The van der Waals surface area contributed by atoms with Crippen molar-refractivity contribution in [2.24, 2.45) is 11.8 Å². The minimum Gasteiger partial charge on any atom is -0.478 e. The molecule has 316 valence electrons. The first-order chi connectivity index (χ1) is 28.1. The minimum absolute atomic E-state index is 0.120. The topological polar surface area (TPSA) is 120 Å². The molecule has 4 aromatic carbocycles. The summed E-state index contributed by atoms with van der Waals surface area (Å²) in [7, 11) is 3.46. The van der Waals surface area contributed by atoms with Crippen molar-refractivity contribution in [3.05, 3.63) is 148 Å². The number of nitrogens with zero attached hydrogens (tertiary/aromatic N) is 3. The van der Waals surface area contributed by atoms with Crippen molar-refractivity contribution >= 4 is 23.7 Å². The highest BCUT2D eigenvalue weighted by Gasteiger charge is 2.32. The van der Waals surface area contributed by atoms with Gasteiger partial charge in [-0.05, 0) is 103 Å². The van der Waals surface area contributed by atoms with Crippen molar-refractivity contribution < 1.29 is 37.5 Å². The van der Waals surface area contributed by atoms with Crippen LogP contribution in [0.1, 0.15) is 104 Å². The third kappa shape index (κ3) is 12.8. The molecular formula is C48H53F3N4O5. The largest absolute Gasteiger partial charge is 0.478 e. The molecule has 1 aromatic heterocycles. The molecule has 0 fully saturated rings. The molecule has 1 heterocycles. The van der Waals surface area contributed by atoms with Gasteiger partial charge in [-0.3, -0.25) is 19.4 Å². The third-order valence-corrected chi connectivity index (χ3v) is 9.53. The van der Waals surface area contributed by atoms with Crippen LogP contribution in [0.15, 0.2) is 103 Å². The number of carbonyl (C=O) groups is 4. The fourth-order valence-corrected chi connectivity index (χ4v) is 6.48. The van der Waals surface area contributed by atoms with Crippen molar-refractivity contribution in [1.29, 1.82) is 0 Å². The van der Waals surface area contributed by atoms with E-state index in [1.54, 1.807) is 61.2 Å². The average Bonchev–Trinajstić information content (AvgIpc) is 3.19. The number of benzene rings is 4. The van der Waals surface area contributed by atoms with Crippen molar-refractivity contribution in [2.75, 3.05) is 27.2 Å². The number of carbonyl (C=O) groups excluding carboxylic acids is 3. The number of pyridine rings is 1. The van der Waals surface area contributed by atoms with Crippen LogP contribution in [0, 0.1) is 25.7 Å². The monoisotopic (exact) mass is 822 g/mol. The lowest BCUT2D eigenvalue weighted by Gasteiger charge is -2.21. The Balaban J connectivity index is 0.000000287. The molecule has 3 amide bonds. The van der Waals surface area contributed by atoms with E-state index in [2.05, 4.69) is 10.3 Å². The molecule has 5 aromatic rings. The molecule has 0 aliphatic heterocycles. The van der Waals surface area contributed by atoms with Gasteiger partial charge in [0.05, 0.1) is 11.6 Å². The Bertz CT molecular complexity index is 2290. The zero-order chi connectivity index (χ0) is 44.5. The van der Waals surface area contributed by atoms with E-state index in [1.165, 1.54) is 12.1 Å². The molecule has 0 spiro atoms. The first-order valence-corrected chi connectivity index (χ1v) is 19.6. The lowest BCUT2D eigenvalue weighted by molar-refractivity contribution is -0.141. The number of carboxylic acid groups (broad SMARTS) is 1. The third-order valence-electron chi connectivity index (χ3n) is 9.53. The predicted molar refractivity (Wildman–Crippen MR) is 229 cm³/mol.